The fraction of sp³-hybridized carbons (Fsp3) is 0.444. The van der Waals surface area contributed by atoms with E-state index in [0.717, 1.165) is 37.3 Å². The van der Waals surface area contributed by atoms with E-state index in [1.807, 2.05) is 54.0 Å². The number of likely N-dealkylation sites (tertiary alicyclic amines) is 1. The van der Waals surface area contributed by atoms with Gasteiger partial charge < -0.3 is 19.7 Å². The van der Waals surface area contributed by atoms with E-state index in [-0.39, 0.29) is 17.0 Å². The van der Waals surface area contributed by atoms with Gasteiger partial charge in [0.1, 0.15) is 5.69 Å². The lowest BCUT2D eigenvalue weighted by molar-refractivity contribution is -0.137. The molecule has 2 aliphatic heterocycles. The van der Waals surface area contributed by atoms with Crippen molar-refractivity contribution >= 4 is 23.2 Å². The summed E-state index contributed by atoms with van der Waals surface area (Å²) in [6.45, 7) is 2.57. The number of hydrogen-bond donors (Lipinski definition) is 1. The summed E-state index contributed by atoms with van der Waals surface area (Å²) in [5.74, 6) is -0.0862. The Hall–Kier alpha value is -3.11. The number of carbonyl (C=O) groups excluding carboxylic acids is 1. The Morgan fingerprint density at radius 2 is 1.84 bits per heavy atom. The molecule has 2 aromatic heterocycles. The standard InChI is InChI=1S/C27H30ClF3N6O/c1-35-13-9-19(17-35)32-25(38)26(24-8-6-21(33-34-24)23-4-3-12-36(23)2)10-14-37(15-11-26)22-7-5-18(16-20(22)28)27(29,30)31/h3-8,12,16,19H,9-11,13-15,17H2,1-2H3,(H,32,38)/t19-/m0/s1. The number of nitrogens with one attached hydrogen (secondary N) is 1. The number of halogens is 4. The molecule has 4 heterocycles. The van der Waals surface area contributed by atoms with Crippen LogP contribution in [-0.2, 0) is 23.4 Å². The molecule has 0 radical (unpaired) electrons. The van der Waals surface area contributed by atoms with Crippen LogP contribution in [-0.4, -0.2) is 64.8 Å². The van der Waals surface area contributed by atoms with Crippen LogP contribution in [0.25, 0.3) is 11.4 Å². The van der Waals surface area contributed by atoms with Crippen LogP contribution in [0, 0.1) is 0 Å². The first-order valence-electron chi connectivity index (χ1n) is 12.6. The monoisotopic (exact) mass is 546 g/mol. The van der Waals surface area contributed by atoms with Crippen molar-refractivity contribution in [1.29, 1.82) is 0 Å². The van der Waals surface area contributed by atoms with Gasteiger partial charge in [-0.1, -0.05) is 11.6 Å². The Bertz CT molecular complexity index is 1300. The normalized spacial score (nSPS) is 20.1. The zero-order chi connectivity index (χ0) is 27.1. The van der Waals surface area contributed by atoms with Crippen LogP contribution in [0.3, 0.4) is 0 Å². The SMILES string of the molecule is CN1CC[C@H](NC(=O)C2(c3ccc(-c4cccn4C)nn3)CCN(c3ccc(C(F)(F)F)cc3Cl)CC2)C1. The van der Waals surface area contributed by atoms with Gasteiger partial charge in [-0.15, -0.1) is 5.10 Å². The molecule has 1 N–H and O–H groups in total. The van der Waals surface area contributed by atoms with Crippen LogP contribution in [0.4, 0.5) is 18.9 Å². The molecule has 1 atom stereocenters. The largest absolute Gasteiger partial charge is 0.416 e. The molecular formula is C27H30ClF3N6O. The van der Waals surface area contributed by atoms with Crippen molar-refractivity contribution < 1.29 is 18.0 Å². The van der Waals surface area contributed by atoms with Crippen molar-refractivity contribution in [2.45, 2.75) is 36.9 Å². The number of hydrogen-bond acceptors (Lipinski definition) is 5. The molecule has 2 saturated heterocycles. The predicted octanol–water partition coefficient (Wildman–Crippen LogP) is 4.51. The number of carbonyl (C=O) groups is 1. The van der Waals surface area contributed by atoms with Gasteiger partial charge >= 0.3 is 6.18 Å². The Labute approximate surface area is 224 Å². The molecule has 0 saturated carbocycles. The topological polar surface area (TPSA) is 66.3 Å². The molecule has 2 fully saturated rings. The molecule has 2 aliphatic rings. The van der Waals surface area contributed by atoms with E-state index >= 15 is 0 Å². The maximum absolute atomic E-state index is 13.8. The Morgan fingerprint density at radius 3 is 2.39 bits per heavy atom. The van der Waals surface area contributed by atoms with E-state index in [4.69, 9.17) is 11.6 Å². The molecule has 1 aromatic carbocycles. The Kier molecular flexibility index (Phi) is 7.13. The summed E-state index contributed by atoms with van der Waals surface area (Å²) < 4.78 is 41.3. The van der Waals surface area contributed by atoms with Gasteiger partial charge in [0.05, 0.1) is 33.1 Å². The van der Waals surface area contributed by atoms with Gasteiger partial charge in [0.25, 0.3) is 0 Å². The first-order valence-corrected chi connectivity index (χ1v) is 13.0. The molecule has 0 bridgehead atoms. The van der Waals surface area contributed by atoms with Crippen LogP contribution in [0.15, 0.2) is 48.7 Å². The first kappa shape index (κ1) is 26.5. The number of alkyl halides is 3. The van der Waals surface area contributed by atoms with Crippen molar-refractivity contribution in [3.05, 3.63) is 64.9 Å². The van der Waals surface area contributed by atoms with Crippen LogP contribution in [0.2, 0.25) is 5.02 Å². The Morgan fingerprint density at radius 1 is 1.08 bits per heavy atom. The van der Waals surface area contributed by atoms with Gasteiger partial charge in [-0.25, -0.2) is 0 Å². The van der Waals surface area contributed by atoms with Gasteiger partial charge in [0, 0.05) is 38.9 Å². The number of benzene rings is 1. The third kappa shape index (κ3) is 5.11. The maximum atomic E-state index is 13.8. The first-order chi connectivity index (χ1) is 18.1. The minimum absolute atomic E-state index is 0.0393. The third-order valence-electron chi connectivity index (χ3n) is 7.75. The van der Waals surface area contributed by atoms with Gasteiger partial charge in [-0.2, -0.15) is 18.3 Å². The van der Waals surface area contributed by atoms with E-state index in [9.17, 15) is 18.0 Å². The molecule has 11 heteroatoms. The summed E-state index contributed by atoms with van der Waals surface area (Å²) in [4.78, 5) is 18.0. The van der Waals surface area contributed by atoms with E-state index in [1.54, 1.807) is 0 Å². The lowest BCUT2D eigenvalue weighted by Crippen LogP contribution is -2.54. The maximum Gasteiger partial charge on any atom is 0.416 e. The molecule has 3 aromatic rings. The number of amides is 1. The van der Waals surface area contributed by atoms with Crippen molar-refractivity contribution in [2.24, 2.45) is 7.05 Å². The number of aryl methyl sites for hydroxylation is 1. The summed E-state index contributed by atoms with van der Waals surface area (Å²) >= 11 is 6.28. The highest BCUT2D eigenvalue weighted by Crippen LogP contribution is 2.40. The molecule has 5 rings (SSSR count). The Balaban J connectivity index is 1.41. The molecule has 0 unspecified atom stereocenters. The average molecular weight is 547 g/mol. The number of anilines is 1. The average Bonchev–Trinajstić information content (AvgIpc) is 3.51. The van der Waals surface area contributed by atoms with Crippen LogP contribution in [0.5, 0.6) is 0 Å². The zero-order valence-corrected chi connectivity index (χ0v) is 22.1. The summed E-state index contributed by atoms with van der Waals surface area (Å²) in [6, 6.07) is 11.1. The highest BCUT2D eigenvalue weighted by molar-refractivity contribution is 6.33. The lowest BCUT2D eigenvalue weighted by Gasteiger charge is -2.41. The second-order valence-electron chi connectivity index (χ2n) is 10.3. The van der Waals surface area contributed by atoms with Crippen molar-refractivity contribution in [3.63, 3.8) is 0 Å². The highest BCUT2D eigenvalue weighted by Gasteiger charge is 2.46. The van der Waals surface area contributed by atoms with E-state index in [1.165, 1.54) is 6.07 Å². The number of piperidine rings is 1. The molecule has 38 heavy (non-hydrogen) atoms. The summed E-state index contributed by atoms with van der Waals surface area (Å²) in [5.41, 5.74) is 1.06. The molecule has 0 aliphatic carbocycles. The quantitative estimate of drug-likeness (QED) is 0.510. The third-order valence-corrected chi connectivity index (χ3v) is 8.06. The molecular weight excluding hydrogens is 517 g/mol. The van der Waals surface area contributed by atoms with Gasteiger partial charge in [0.2, 0.25) is 5.91 Å². The van der Waals surface area contributed by atoms with Crippen molar-refractivity contribution in [3.8, 4) is 11.4 Å². The fourth-order valence-corrected chi connectivity index (χ4v) is 5.80. The van der Waals surface area contributed by atoms with E-state index < -0.39 is 17.2 Å². The number of aromatic nitrogens is 3. The van der Waals surface area contributed by atoms with E-state index in [0.29, 0.717) is 43.0 Å². The second kappa shape index (κ2) is 10.2. The van der Waals surface area contributed by atoms with Gasteiger partial charge in [-0.05, 0) is 75.3 Å². The molecule has 1 amide bonds. The molecule has 0 spiro atoms. The van der Waals surface area contributed by atoms with E-state index in [2.05, 4.69) is 20.4 Å². The van der Waals surface area contributed by atoms with Crippen molar-refractivity contribution in [2.75, 3.05) is 38.1 Å². The summed E-state index contributed by atoms with van der Waals surface area (Å²) in [7, 11) is 3.96. The van der Waals surface area contributed by atoms with Crippen LogP contribution >= 0.6 is 11.6 Å². The predicted molar refractivity (Wildman–Crippen MR) is 140 cm³/mol. The number of nitrogens with zero attached hydrogens (tertiary/aromatic N) is 5. The molecule has 202 valence electrons. The van der Waals surface area contributed by atoms with Crippen molar-refractivity contribution in [1.82, 2.24) is 25.0 Å². The smallest absolute Gasteiger partial charge is 0.370 e. The van der Waals surface area contributed by atoms with Crippen LogP contribution in [0.1, 0.15) is 30.5 Å². The summed E-state index contributed by atoms with van der Waals surface area (Å²) in [5, 5.41) is 12.3. The second-order valence-corrected chi connectivity index (χ2v) is 10.7. The lowest BCUT2D eigenvalue weighted by atomic mass is 9.74. The fourth-order valence-electron chi connectivity index (χ4n) is 5.50. The minimum Gasteiger partial charge on any atom is -0.370 e. The van der Waals surface area contributed by atoms with Gasteiger partial charge in [-0.3, -0.25) is 4.79 Å². The zero-order valence-electron chi connectivity index (χ0n) is 21.3. The number of likely N-dealkylation sites (N-methyl/N-ethyl adjacent to an activating group) is 1. The van der Waals surface area contributed by atoms with Gasteiger partial charge in [0.15, 0.2) is 0 Å². The van der Waals surface area contributed by atoms with Crippen LogP contribution < -0.4 is 10.2 Å². The summed E-state index contributed by atoms with van der Waals surface area (Å²) in [6.07, 6.45) is -0.798. The molecule has 7 nitrogen and oxygen atoms in total. The minimum atomic E-state index is -4.46. The highest BCUT2D eigenvalue weighted by atomic mass is 35.5. The number of rotatable bonds is 5.